The van der Waals surface area contributed by atoms with Gasteiger partial charge in [0.25, 0.3) is 0 Å². The third-order valence-corrected chi connectivity index (χ3v) is 5.74. The van der Waals surface area contributed by atoms with E-state index in [-0.39, 0.29) is 5.78 Å². The number of carbonyl (C=O) groups excluding carboxylic acids is 1. The van der Waals surface area contributed by atoms with Crippen molar-refractivity contribution in [3.8, 4) is 5.75 Å². The number of thioether (sulfide) groups is 2. The van der Waals surface area contributed by atoms with Crippen LogP contribution in [0, 0.1) is 0 Å². The second kappa shape index (κ2) is 7.92. The van der Waals surface area contributed by atoms with E-state index in [4.69, 9.17) is 9.47 Å². The van der Waals surface area contributed by atoms with Crippen molar-refractivity contribution >= 4 is 29.3 Å². The fraction of sp³-hybridized carbons (Fsp3) is 0.588. The van der Waals surface area contributed by atoms with Gasteiger partial charge < -0.3 is 9.47 Å². The lowest BCUT2D eigenvalue weighted by atomic mass is 9.90. The van der Waals surface area contributed by atoms with Crippen molar-refractivity contribution in [1.82, 2.24) is 4.90 Å². The summed E-state index contributed by atoms with van der Waals surface area (Å²) in [5.41, 5.74) is 0.0873. The second-order valence-corrected chi connectivity index (χ2v) is 7.63. The summed E-state index contributed by atoms with van der Waals surface area (Å²) < 4.78 is 11.0. The fourth-order valence-electron chi connectivity index (χ4n) is 2.82. The zero-order chi connectivity index (χ0) is 17.0. The molecule has 0 spiro atoms. The highest BCUT2D eigenvalue weighted by Crippen LogP contribution is 2.37. The van der Waals surface area contributed by atoms with Crippen LogP contribution in [0.15, 0.2) is 21.9 Å². The number of morpholine rings is 1. The molecule has 0 bridgehead atoms. The Labute approximate surface area is 147 Å². The van der Waals surface area contributed by atoms with E-state index in [1.165, 1.54) is 0 Å². The molecule has 0 N–H and O–H groups in total. The Morgan fingerprint density at radius 2 is 1.87 bits per heavy atom. The molecule has 0 aromatic heterocycles. The molecule has 1 aromatic rings. The highest BCUT2D eigenvalue weighted by Gasteiger charge is 2.37. The monoisotopic (exact) mass is 355 g/mol. The van der Waals surface area contributed by atoms with Gasteiger partial charge in [-0.2, -0.15) is 0 Å². The fourth-order valence-corrected chi connectivity index (χ4v) is 3.99. The van der Waals surface area contributed by atoms with Crippen molar-refractivity contribution in [2.24, 2.45) is 0 Å². The molecular formula is C17H25NO3S2. The molecule has 1 fully saturated rings. The van der Waals surface area contributed by atoms with Gasteiger partial charge in [-0.3, -0.25) is 9.69 Å². The molecule has 4 nitrogen and oxygen atoms in total. The van der Waals surface area contributed by atoms with Crippen LogP contribution < -0.4 is 4.74 Å². The number of methoxy groups -OCH3 is 1. The van der Waals surface area contributed by atoms with Crippen molar-refractivity contribution in [3.05, 3.63) is 17.7 Å². The summed E-state index contributed by atoms with van der Waals surface area (Å²) in [4.78, 5) is 17.6. The summed E-state index contributed by atoms with van der Waals surface area (Å²) in [5.74, 6) is 0.782. The van der Waals surface area contributed by atoms with Gasteiger partial charge in [-0.25, -0.2) is 0 Å². The van der Waals surface area contributed by atoms with Crippen LogP contribution in [-0.2, 0) is 4.74 Å². The van der Waals surface area contributed by atoms with Gasteiger partial charge in [0.15, 0.2) is 5.78 Å². The topological polar surface area (TPSA) is 38.8 Å². The van der Waals surface area contributed by atoms with E-state index in [9.17, 15) is 4.79 Å². The summed E-state index contributed by atoms with van der Waals surface area (Å²) >= 11 is 3.24. The van der Waals surface area contributed by atoms with Crippen LogP contribution in [0.3, 0.4) is 0 Å². The number of ketones is 1. The SMILES string of the molecule is COc1c(SC)cc(SC)cc1C(=O)C(C)(C)N1CCOCC1. The molecule has 1 heterocycles. The molecule has 0 radical (unpaired) electrons. The average Bonchev–Trinajstić information content (AvgIpc) is 2.60. The Hall–Kier alpha value is -0.690. The molecule has 0 unspecified atom stereocenters. The largest absolute Gasteiger partial charge is 0.495 e. The van der Waals surface area contributed by atoms with E-state index in [0.717, 1.165) is 22.9 Å². The molecule has 1 aliphatic rings. The number of Topliss-reactive ketones (excluding diaryl/α,β-unsaturated/α-hetero) is 1. The van der Waals surface area contributed by atoms with Crippen molar-refractivity contribution in [2.45, 2.75) is 29.2 Å². The number of nitrogens with zero attached hydrogens (tertiary/aromatic N) is 1. The van der Waals surface area contributed by atoms with Gasteiger partial charge in [-0.1, -0.05) is 0 Å². The molecule has 1 aromatic carbocycles. The lowest BCUT2D eigenvalue weighted by Crippen LogP contribution is -2.54. The quantitative estimate of drug-likeness (QED) is 0.575. The molecule has 128 valence electrons. The number of ether oxygens (including phenoxy) is 2. The molecule has 23 heavy (non-hydrogen) atoms. The van der Waals surface area contributed by atoms with Crippen molar-refractivity contribution in [1.29, 1.82) is 0 Å². The highest BCUT2D eigenvalue weighted by atomic mass is 32.2. The lowest BCUT2D eigenvalue weighted by molar-refractivity contribution is -0.00440. The maximum Gasteiger partial charge on any atom is 0.186 e. The molecule has 1 aliphatic heterocycles. The van der Waals surface area contributed by atoms with E-state index in [0.29, 0.717) is 24.5 Å². The van der Waals surface area contributed by atoms with Crippen LogP contribution in [0.25, 0.3) is 0 Å². The smallest absolute Gasteiger partial charge is 0.186 e. The van der Waals surface area contributed by atoms with Crippen LogP contribution >= 0.6 is 23.5 Å². The van der Waals surface area contributed by atoms with Gasteiger partial charge in [0.1, 0.15) is 5.75 Å². The third kappa shape index (κ3) is 3.87. The Bertz CT molecular complexity index is 569. The van der Waals surface area contributed by atoms with E-state index in [1.807, 2.05) is 32.4 Å². The first-order chi connectivity index (χ1) is 11.0. The minimum Gasteiger partial charge on any atom is -0.495 e. The molecule has 0 atom stereocenters. The number of benzene rings is 1. The molecule has 1 saturated heterocycles. The van der Waals surface area contributed by atoms with Gasteiger partial charge in [-0.05, 0) is 38.5 Å². The van der Waals surface area contributed by atoms with Gasteiger partial charge in [0.2, 0.25) is 0 Å². The molecule has 0 saturated carbocycles. The normalized spacial score (nSPS) is 16.4. The third-order valence-electron chi connectivity index (χ3n) is 4.29. The van der Waals surface area contributed by atoms with Crippen molar-refractivity contribution in [3.63, 3.8) is 0 Å². The Morgan fingerprint density at radius 3 is 2.39 bits per heavy atom. The van der Waals surface area contributed by atoms with Crippen LogP contribution in [0.5, 0.6) is 5.75 Å². The maximum absolute atomic E-state index is 13.3. The minimum absolute atomic E-state index is 0.0995. The number of carbonyl (C=O) groups is 1. The first-order valence-electron chi connectivity index (χ1n) is 7.63. The molecule has 0 amide bonds. The second-order valence-electron chi connectivity index (χ2n) is 5.90. The summed E-state index contributed by atoms with van der Waals surface area (Å²) in [6, 6.07) is 4.03. The number of hydrogen-bond donors (Lipinski definition) is 0. The van der Waals surface area contributed by atoms with Crippen molar-refractivity contribution < 1.29 is 14.3 Å². The van der Waals surface area contributed by atoms with Crippen molar-refractivity contribution in [2.75, 3.05) is 45.9 Å². The molecule has 6 heteroatoms. The summed E-state index contributed by atoms with van der Waals surface area (Å²) in [6.07, 6.45) is 4.02. The standard InChI is InChI=1S/C17H25NO3S2/c1-17(2,18-6-8-21-9-7-18)16(19)13-10-12(22-4)11-14(23-5)15(13)20-3/h10-11H,6-9H2,1-5H3. The van der Waals surface area contributed by atoms with E-state index < -0.39 is 5.54 Å². The summed E-state index contributed by atoms with van der Waals surface area (Å²) in [5, 5.41) is 0. The van der Waals surface area contributed by atoms with Crippen LogP contribution in [0.1, 0.15) is 24.2 Å². The predicted octanol–water partition coefficient (Wildman–Crippen LogP) is 3.43. The molecular weight excluding hydrogens is 330 g/mol. The predicted molar refractivity (Wildman–Crippen MR) is 97.4 cm³/mol. The first-order valence-corrected chi connectivity index (χ1v) is 10.1. The van der Waals surface area contributed by atoms with Gasteiger partial charge in [-0.15, -0.1) is 23.5 Å². The lowest BCUT2D eigenvalue weighted by Gasteiger charge is -2.39. The van der Waals surface area contributed by atoms with Crippen LogP contribution in [0.2, 0.25) is 0 Å². The molecule has 0 aliphatic carbocycles. The van der Waals surface area contributed by atoms with Crippen LogP contribution in [0.4, 0.5) is 0 Å². The number of rotatable bonds is 6. The van der Waals surface area contributed by atoms with E-state index in [2.05, 4.69) is 11.0 Å². The zero-order valence-electron chi connectivity index (χ0n) is 14.5. The zero-order valence-corrected chi connectivity index (χ0v) is 16.1. The maximum atomic E-state index is 13.3. The minimum atomic E-state index is -0.580. The van der Waals surface area contributed by atoms with Gasteiger partial charge in [0, 0.05) is 18.0 Å². The number of hydrogen-bond acceptors (Lipinski definition) is 6. The first kappa shape index (κ1) is 18.6. The van der Waals surface area contributed by atoms with E-state index >= 15 is 0 Å². The average molecular weight is 356 g/mol. The molecule has 2 rings (SSSR count). The highest BCUT2D eigenvalue weighted by molar-refractivity contribution is 7.99. The Morgan fingerprint density at radius 1 is 1.22 bits per heavy atom. The summed E-state index contributed by atoms with van der Waals surface area (Å²) in [7, 11) is 1.63. The Kier molecular flexibility index (Phi) is 6.42. The van der Waals surface area contributed by atoms with E-state index in [1.54, 1.807) is 30.6 Å². The summed E-state index contributed by atoms with van der Waals surface area (Å²) in [6.45, 7) is 6.88. The van der Waals surface area contributed by atoms with Gasteiger partial charge >= 0.3 is 0 Å². The Balaban J connectivity index is 2.44. The van der Waals surface area contributed by atoms with Crippen LogP contribution in [-0.4, -0.2) is 62.1 Å². The van der Waals surface area contributed by atoms with Gasteiger partial charge in [0.05, 0.1) is 36.3 Å².